The number of nitrogens with one attached hydrogen (secondary N) is 1. The SMILES string of the molecule is CCCc1cc(CNC)cc(-n2cc(C)cn2)n1. The number of aromatic nitrogens is 3. The van der Waals surface area contributed by atoms with Gasteiger partial charge in [0.1, 0.15) is 0 Å². The molecule has 2 heterocycles. The number of nitrogens with zero attached hydrogens (tertiary/aromatic N) is 3. The van der Waals surface area contributed by atoms with Gasteiger partial charge in [0.2, 0.25) is 0 Å². The first-order chi connectivity index (χ1) is 8.72. The molecule has 0 spiro atoms. The molecule has 0 saturated carbocycles. The zero-order valence-corrected chi connectivity index (χ0v) is 11.3. The van der Waals surface area contributed by atoms with Gasteiger partial charge in [0.15, 0.2) is 5.82 Å². The van der Waals surface area contributed by atoms with E-state index in [0.29, 0.717) is 0 Å². The maximum absolute atomic E-state index is 4.66. The van der Waals surface area contributed by atoms with Crippen LogP contribution in [-0.2, 0) is 13.0 Å². The molecular formula is C14H20N4. The van der Waals surface area contributed by atoms with Crippen LogP contribution in [0.2, 0.25) is 0 Å². The van der Waals surface area contributed by atoms with E-state index in [1.165, 1.54) is 5.56 Å². The number of rotatable bonds is 5. The smallest absolute Gasteiger partial charge is 0.153 e. The van der Waals surface area contributed by atoms with Gasteiger partial charge in [0, 0.05) is 18.4 Å². The van der Waals surface area contributed by atoms with Crippen molar-refractivity contribution in [1.29, 1.82) is 0 Å². The van der Waals surface area contributed by atoms with Gasteiger partial charge < -0.3 is 5.32 Å². The monoisotopic (exact) mass is 244 g/mol. The van der Waals surface area contributed by atoms with Crippen molar-refractivity contribution in [3.05, 3.63) is 41.3 Å². The summed E-state index contributed by atoms with van der Waals surface area (Å²) < 4.78 is 1.84. The Morgan fingerprint density at radius 2 is 2.17 bits per heavy atom. The molecule has 0 bridgehead atoms. The summed E-state index contributed by atoms with van der Waals surface area (Å²) >= 11 is 0. The van der Waals surface area contributed by atoms with Crippen LogP contribution in [-0.4, -0.2) is 21.8 Å². The van der Waals surface area contributed by atoms with Gasteiger partial charge in [-0.15, -0.1) is 0 Å². The Bertz CT molecular complexity index is 492. The number of hydrogen-bond acceptors (Lipinski definition) is 3. The third-order valence-electron chi connectivity index (χ3n) is 2.76. The third-order valence-corrected chi connectivity index (χ3v) is 2.76. The van der Waals surface area contributed by atoms with E-state index in [0.717, 1.165) is 36.5 Å². The van der Waals surface area contributed by atoms with Crippen LogP contribution < -0.4 is 5.32 Å². The lowest BCUT2D eigenvalue weighted by atomic mass is 10.1. The molecule has 0 amide bonds. The van der Waals surface area contributed by atoms with Crippen molar-refractivity contribution in [2.45, 2.75) is 33.2 Å². The Kier molecular flexibility index (Phi) is 4.10. The molecule has 4 heteroatoms. The molecule has 0 saturated heterocycles. The quantitative estimate of drug-likeness (QED) is 0.877. The van der Waals surface area contributed by atoms with E-state index >= 15 is 0 Å². The largest absolute Gasteiger partial charge is 0.316 e. The second-order valence-corrected chi connectivity index (χ2v) is 4.57. The summed E-state index contributed by atoms with van der Waals surface area (Å²) in [7, 11) is 1.96. The Balaban J connectivity index is 2.39. The van der Waals surface area contributed by atoms with Crippen LogP contribution in [0.15, 0.2) is 24.5 Å². The van der Waals surface area contributed by atoms with Crippen LogP contribution in [0, 0.1) is 6.92 Å². The molecule has 0 aliphatic heterocycles. The average Bonchev–Trinajstić information content (AvgIpc) is 2.76. The predicted molar refractivity (Wildman–Crippen MR) is 72.9 cm³/mol. The molecule has 1 N–H and O–H groups in total. The lowest BCUT2D eigenvalue weighted by Crippen LogP contribution is -2.09. The molecule has 18 heavy (non-hydrogen) atoms. The lowest BCUT2D eigenvalue weighted by Gasteiger charge is -2.08. The van der Waals surface area contributed by atoms with Crippen LogP contribution in [0.3, 0.4) is 0 Å². The molecule has 0 aliphatic rings. The molecule has 2 aromatic heterocycles. The first kappa shape index (κ1) is 12.8. The first-order valence-corrected chi connectivity index (χ1v) is 6.39. The topological polar surface area (TPSA) is 42.7 Å². The van der Waals surface area contributed by atoms with E-state index in [9.17, 15) is 0 Å². The van der Waals surface area contributed by atoms with Crippen LogP contribution in [0.5, 0.6) is 0 Å². The number of hydrogen-bond donors (Lipinski definition) is 1. The van der Waals surface area contributed by atoms with Crippen molar-refractivity contribution >= 4 is 0 Å². The zero-order chi connectivity index (χ0) is 13.0. The van der Waals surface area contributed by atoms with Gasteiger partial charge in [-0.25, -0.2) is 9.67 Å². The first-order valence-electron chi connectivity index (χ1n) is 6.39. The van der Waals surface area contributed by atoms with Gasteiger partial charge in [-0.2, -0.15) is 5.10 Å². The summed E-state index contributed by atoms with van der Waals surface area (Å²) in [6, 6.07) is 4.25. The molecule has 0 aliphatic carbocycles. The highest BCUT2D eigenvalue weighted by atomic mass is 15.3. The Morgan fingerprint density at radius 1 is 1.33 bits per heavy atom. The molecule has 2 rings (SSSR count). The molecule has 96 valence electrons. The van der Waals surface area contributed by atoms with Crippen LogP contribution in [0.25, 0.3) is 5.82 Å². The molecule has 0 aromatic carbocycles. The normalized spacial score (nSPS) is 10.8. The lowest BCUT2D eigenvalue weighted by molar-refractivity contribution is 0.781. The Morgan fingerprint density at radius 3 is 2.78 bits per heavy atom. The summed E-state index contributed by atoms with van der Waals surface area (Å²) in [5.74, 6) is 0.902. The van der Waals surface area contributed by atoms with E-state index in [2.05, 4.69) is 34.5 Å². The van der Waals surface area contributed by atoms with E-state index in [1.54, 1.807) is 0 Å². The number of pyridine rings is 1. The molecular weight excluding hydrogens is 224 g/mol. The van der Waals surface area contributed by atoms with Crippen molar-refractivity contribution in [3.63, 3.8) is 0 Å². The van der Waals surface area contributed by atoms with Crippen molar-refractivity contribution in [2.75, 3.05) is 7.05 Å². The van der Waals surface area contributed by atoms with Gasteiger partial charge in [-0.3, -0.25) is 0 Å². The highest BCUT2D eigenvalue weighted by Gasteiger charge is 2.05. The number of aryl methyl sites for hydroxylation is 2. The van der Waals surface area contributed by atoms with Crippen molar-refractivity contribution in [1.82, 2.24) is 20.1 Å². The fraction of sp³-hybridized carbons (Fsp3) is 0.429. The third kappa shape index (κ3) is 2.96. The van der Waals surface area contributed by atoms with E-state index < -0.39 is 0 Å². The van der Waals surface area contributed by atoms with Gasteiger partial charge in [-0.1, -0.05) is 13.3 Å². The molecule has 4 nitrogen and oxygen atoms in total. The Hall–Kier alpha value is -1.68. The van der Waals surface area contributed by atoms with Gasteiger partial charge >= 0.3 is 0 Å². The summed E-state index contributed by atoms with van der Waals surface area (Å²) in [6.45, 7) is 5.06. The maximum atomic E-state index is 4.66. The highest BCUT2D eigenvalue weighted by molar-refractivity contribution is 5.31. The minimum atomic E-state index is 0.854. The van der Waals surface area contributed by atoms with E-state index in [-0.39, 0.29) is 0 Å². The van der Waals surface area contributed by atoms with E-state index in [1.807, 2.05) is 31.0 Å². The maximum Gasteiger partial charge on any atom is 0.153 e. The second-order valence-electron chi connectivity index (χ2n) is 4.57. The standard InChI is InChI=1S/C14H20N4/c1-4-5-13-6-12(9-15-3)7-14(17-13)18-10-11(2)8-16-18/h6-8,10,15H,4-5,9H2,1-3H3. The summed E-state index contributed by atoms with van der Waals surface area (Å²) in [5, 5.41) is 7.50. The summed E-state index contributed by atoms with van der Waals surface area (Å²) in [5.41, 5.74) is 3.53. The molecule has 0 unspecified atom stereocenters. The second kappa shape index (κ2) is 5.78. The van der Waals surface area contributed by atoms with Crippen molar-refractivity contribution in [3.8, 4) is 5.82 Å². The van der Waals surface area contributed by atoms with Crippen molar-refractivity contribution < 1.29 is 0 Å². The van der Waals surface area contributed by atoms with E-state index in [4.69, 9.17) is 0 Å². The molecule has 2 aromatic rings. The molecule has 0 radical (unpaired) electrons. The van der Waals surface area contributed by atoms with Crippen LogP contribution in [0.4, 0.5) is 0 Å². The average molecular weight is 244 g/mol. The summed E-state index contributed by atoms with van der Waals surface area (Å²) in [6.07, 6.45) is 5.96. The Labute approximate surface area is 108 Å². The van der Waals surface area contributed by atoms with Gasteiger partial charge in [0.25, 0.3) is 0 Å². The van der Waals surface area contributed by atoms with Crippen molar-refractivity contribution in [2.24, 2.45) is 0 Å². The zero-order valence-electron chi connectivity index (χ0n) is 11.3. The highest BCUT2D eigenvalue weighted by Crippen LogP contribution is 2.12. The van der Waals surface area contributed by atoms with Crippen LogP contribution >= 0.6 is 0 Å². The minimum Gasteiger partial charge on any atom is -0.316 e. The fourth-order valence-electron chi connectivity index (χ4n) is 1.98. The summed E-state index contributed by atoms with van der Waals surface area (Å²) in [4.78, 5) is 4.66. The van der Waals surface area contributed by atoms with Crippen LogP contribution in [0.1, 0.15) is 30.2 Å². The molecule has 0 atom stereocenters. The predicted octanol–water partition coefficient (Wildman–Crippen LogP) is 2.25. The minimum absolute atomic E-state index is 0.854. The molecule has 0 fully saturated rings. The van der Waals surface area contributed by atoms with Gasteiger partial charge in [0.05, 0.1) is 6.20 Å². The fourth-order valence-corrected chi connectivity index (χ4v) is 1.98. The van der Waals surface area contributed by atoms with Gasteiger partial charge in [-0.05, 0) is 43.7 Å².